The number of rotatable bonds is 10. The molecule has 0 aliphatic heterocycles. The summed E-state index contributed by atoms with van der Waals surface area (Å²) in [6.07, 6.45) is 3.06. The average Bonchev–Trinajstić information content (AvgIpc) is 3.08. The van der Waals surface area contributed by atoms with Gasteiger partial charge in [0.2, 0.25) is 5.71 Å². The highest BCUT2D eigenvalue weighted by molar-refractivity contribution is 6.31. The highest BCUT2D eigenvalue weighted by atomic mass is 16.5. The molecule has 36 heavy (non-hydrogen) atoms. The van der Waals surface area contributed by atoms with Crippen molar-refractivity contribution >= 4 is 23.0 Å². The topological polar surface area (TPSA) is 120 Å². The van der Waals surface area contributed by atoms with Crippen molar-refractivity contribution in [2.45, 2.75) is 25.9 Å². The quantitative estimate of drug-likeness (QED) is 0.254. The SMILES string of the molecule is CCN(CCOC)c1ccc(C2C(=O)C(=C3C=CC(=[N+](CC)CCOC)C=C3O)C(=O)C2O)c(O)c1. The van der Waals surface area contributed by atoms with Gasteiger partial charge in [0.1, 0.15) is 30.8 Å². The number of methoxy groups -OCH3 is 2. The molecule has 0 radical (unpaired) electrons. The molecule has 0 saturated heterocycles. The van der Waals surface area contributed by atoms with Gasteiger partial charge in [0, 0.05) is 56.3 Å². The van der Waals surface area contributed by atoms with E-state index in [0.29, 0.717) is 45.1 Å². The number of aliphatic hydroxyl groups excluding tert-OH is 2. The number of aliphatic hydroxyl groups is 2. The van der Waals surface area contributed by atoms with E-state index in [9.17, 15) is 24.9 Å². The van der Waals surface area contributed by atoms with Crippen LogP contribution in [0.2, 0.25) is 0 Å². The second-order valence-electron chi connectivity index (χ2n) is 8.62. The number of hydrogen-bond donors (Lipinski definition) is 3. The lowest BCUT2D eigenvalue weighted by atomic mass is 9.92. The van der Waals surface area contributed by atoms with Gasteiger partial charge in [0.15, 0.2) is 18.1 Å². The van der Waals surface area contributed by atoms with Gasteiger partial charge in [-0.3, -0.25) is 9.59 Å². The molecule has 1 saturated carbocycles. The van der Waals surface area contributed by atoms with Gasteiger partial charge >= 0.3 is 0 Å². The summed E-state index contributed by atoms with van der Waals surface area (Å²) in [7, 11) is 3.22. The molecule has 2 atom stereocenters. The minimum atomic E-state index is -1.66. The standard InChI is InChI=1S/C27H34N2O7/c1-5-28(11-13-35-3)17-7-9-19(21(30)15-17)23-25(32)24(27(34)26(23)33)20-10-8-18(16-22(20)31)29(6-2)12-14-36-4/h7-10,15-16,23,26,30,33H,5-6,11-14H2,1-4H3/p+1. The van der Waals surface area contributed by atoms with E-state index in [-0.39, 0.29) is 28.2 Å². The number of anilines is 1. The largest absolute Gasteiger partial charge is 0.508 e. The number of ketones is 2. The van der Waals surface area contributed by atoms with Crippen molar-refractivity contribution < 1.29 is 39.0 Å². The van der Waals surface area contributed by atoms with E-state index >= 15 is 0 Å². The molecule has 0 aromatic heterocycles. The van der Waals surface area contributed by atoms with Gasteiger partial charge in [-0.05, 0) is 26.0 Å². The maximum absolute atomic E-state index is 13.4. The van der Waals surface area contributed by atoms with Crippen molar-refractivity contribution in [2.24, 2.45) is 0 Å². The van der Waals surface area contributed by atoms with Gasteiger partial charge in [0.25, 0.3) is 0 Å². The number of likely N-dealkylation sites (N-methyl/N-ethyl adjacent to an activating group) is 2. The Bertz CT molecular complexity index is 1130. The Morgan fingerprint density at radius 1 is 1.03 bits per heavy atom. The van der Waals surface area contributed by atoms with Gasteiger partial charge in [-0.2, -0.15) is 0 Å². The number of aromatic hydroxyl groups is 1. The van der Waals surface area contributed by atoms with Crippen LogP contribution in [0.4, 0.5) is 5.69 Å². The second-order valence-corrected chi connectivity index (χ2v) is 8.62. The zero-order valence-corrected chi connectivity index (χ0v) is 21.2. The van der Waals surface area contributed by atoms with Crippen LogP contribution < -0.4 is 4.90 Å². The Labute approximate surface area is 211 Å². The van der Waals surface area contributed by atoms with Crippen LogP contribution in [-0.4, -0.2) is 96.9 Å². The lowest BCUT2D eigenvalue weighted by molar-refractivity contribution is -0.525. The Morgan fingerprint density at radius 3 is 2.33 bits per heavy atom. The number of carbonyl (C=O) groups excluding carboxylic acids is 2. The molecule has 1 aromatic rings. The molecule has 0 spiro atoms. The van der Waals surface area contributed by atoms with E-state index in [1.54, 1.807) is 32.4 Å². The first-order valence-corrected chi connectivity index (χ1v) is 12.1. The van der Waals surface area contributed by atoms with Crippen LogP contribution in [-0.2, 0) is 19.1 Å². The predicted molar refractivity (Wildman–Crippen MR) is 136 cm³/mol. The zero-order valence-electron chi connectivity index (χ0n) is 21.2. The Hall–Kier alpha value is -3.27. The molecule has 2 unspecified atom stereocenters. The van der Waals surface area contributed by atoms with E-state index < -0.39 is 23.6 Å². The maximum Gasteiger partial charge on any atom is 0.203 e. The third-order valence-electron chi connectivity index (χ3n) is 6.58. The molecule has 3 N–H and O–H groups in total. The lowest BCUT2D eigenvalue weighted by Gasteiger charge is -2.24. The summed E-state index contributed by atoms with van der Waals surface area (Å²) in [6, 6.07) is 4.81. The molecule has 0 heterocycles. The first-order chi connectivity index (χ1) is 17.3. The molecule has 3 rings (SSSR count). The molecule has 2 aliphatic carbocycles. The number of benzene rings is 1. The third-order valence-corrected chi connectivity index (χ3v) is 6.58. The molecule has 2 aliphatic rings. The molecular weight excluding hydrogens is 464 g/mol. The predicted octanol–water partition coefficient (Wildman–Crippen LogP) is 1.89. The van der Waals surface area contributed by atoms with Crippen LogP contribution in [0.15, 0.2) is 53.3 Å². The molecular formula is C27H35N2O7+. The number of phenolic OH excluding ortho intramolecular Hbond substituents is 1. The van der Waals surface area contributed by atoms with Gasteiger partial charge in [-0.25, -0.2) is 4.58 Å². The molecule has 1 aromatic carbocycles. The van der Waals surface area contributed by atoms with Crippen molar-refractivity contribution in [2.75, 3.05) is 58.5 Å². The maximum atomic E-state index is 13.4. The third kappa shape index (κ3) is 5.43. The van der Waals surface area contributed by atoms with Crippen LogP contribution in [0.5, 0.6) is 5.75 Å². The lowest BCUT2D eigenvalue weighted by Crippen LogP contribution is -2.27. The van der Waals surface area contributed by atoms with Crippen molar-refractivity contribution in [3.8, 4) is 5.75 Å². The zero-order chi connectivity index (χ0) is 26.4. The van der Waals surface area contributed by atoms with E-state index in [1.165, 1.54) is 18.2 Å². The van der Waals surface area contributed by atoms with Gasteiger partial charge in [0.05, 0.1) is 24.2 Å². The van der Waals surface area contributed by atoms with Crippen LogP contribution in [0.1, 0.15) is 25.3 Å². The fraction of sp³-hybridized carbons (Fsp3) is 0.444. The minimum Gasteiger partial charge on any atom is -0.508 e. The molecule has 1 fully saturated rings. The number of ether oxygens (including phenoxy) is 2. The molecule has 9 nitrogen and oxygen atoms in total. The smallest absolute Gasteiger partial charge is 0.203 e. The first kappa shape index (κ1) is 27.3. The fourth-order valence-electron chi connectivity index (χ4n) is 4.56. The number of Topliss-reactive ketones (excluding diaryl/α,β-unsaturated/α-hetero) is 2. The number of allylic oxidation sites excluding steroid dienone is 3. The van der Waals surface area contributed by atoms with Gasteiger partial charge in [-0.1, -0.05) is 6.07 Å². The Kier molecular flexibility index (Phi) is 9.19. The highest BCUT2D eigenvalue weighted by Gasteiger charge is 2.48. The first-order valence-electron chi connectivity index (χ1n) is 12.1. The fourth-order valence-corrected chi connectivity index (χ4v) is 4.56. The summed E-state index contributed by atoms with van der Waals surface area (Å²) in [5.74, 6) is -3.10. The summed E-state index contributed by atoms with van der Waals surface area (Å²) in [4.78, 5) is 28.3. The number of phenols is 1. The second kappa shape index (κ2) is 12.1. The average molecular weight is 500 g/mol. The summed E-state index contributed by atoms with van der Waals surface area (Å²) in [6.45, 7) is 7.53. The molecule has 9 heteroatoms. The van der Waals surface area contributed by atoms with E-state index in [4.69, 9.17) is 9.47 Å². The summed E-state index contributed by atoms with van der Waals surface area (Å²) in [5, 5.41) is 32.2. The normalized spacial score (nSPS) is 23.3. The van der Waals surface area contributed by atoms with E-state index in [1.807, 2.05) is 23.3 Å². The Balaban J connectivity index is 1.95. The number of nitrogens with zero attached hydrogens (tertiary/aromatic N) is 2. The Morgan fingerprint density at radius 2 is 1.75 bits per heavy atom. The highest BCUT2D eigenvalue weighted by Crippen LogP contribution is 2.40. The number of carbonyl (C=O) groups is 2. The van der Waals surface area contributed by atoms with Crippen LogP contribution in [0, 0.1) is 0 Å². The van der Waals surface area contributed by atoms with Crippen molar-refractivity contribution in [1.82, 2.24) is 0 Å². The van der Waals surface area contributed by atoms with Crippen LogP contribution in [0.25, 0.3) is 0 Å². The minimum absolute atomic E-state index is 0.0610. The van der Waals surface area contributed by atoms with Gasteiger partial charge < -0.3 is 29.7 Å². The van der Waals surface area contributed by atoms with Crippen molar-refractivity contribution in [3.63, 3.8) is 0 Å². The van der Waals surface area contributed by atoms with Gasteiger partial charge in [-0.15, -0.1) is 0 Å². The summed E-state index contributed by atoms with van der Waals surface area (Å²) < 4.78 is 12.2. The van der Waals surface area contributed by atoms with Crippen LogP contribution in [0.3, 0.4) is 0 Å². The van der Waals surface area contributed by atoms with E-state index in [2.05, 4.69) is 0 Å². The van der Waals surface area contributed by atoms with Crippen LogP contribution >= 0.6 is 0 Å². The van der Waals surface area contributed by atoms with Crippen molar-refractivity contribution in [3.05, 3.63) is 58.9 Å². The monoisotopic (exact) mass is 499 g/mol. The van der Waals surface area contributed by atoms with E-state index in [0.717, 1.165) is 5.69 Å². The molecule has 0 bridgehead atoms. The number of hydrogen-bond acceptors (Lipinski definition) is 8. The summed E-state index contributed by atoms with van der Waals surface area (Å²) in [5.41, 5.74) is 1.40. The molecule has 194 valence electrons. The van der Waals surface area contributed by atoms with Crippen molar-refractivity contribution in [1.29, 1.82) is 0 Å². The molecule has 0 amide bonds. The summed E-state index contributed by atoms with van der Waals surface area (Å²) >= 11 is 0.